The minimum Gasteiger partial charge on any atom is -0.366 e. The summed E-state index contributed by atoms with van der Waals surface area (Å²) in [6, 6.07) is 5.11. The molecule has 1 saturated carbocycles. The molecule has 1 aliphatic heterocycles. The van der Waals surface area contributed by atoms with E-state index in [9.17, 15) is 9.18 Å². The molecule has 0 radical (unpaired) electrons. The number of halogens is 1. The van der Waals surface area contributed by atoms with Crippen molar-refractivity contribution >= 4 is 28.3 Å². The molecule has 1 unspecified atom stereocenters. The number of nitrogens with two attached hydrogens (primary N) is 1. The van der Waals surface area contributed by atoms with Crippen LogP contribution in [0.3, 0.4) is 0 Å². The van der Waals surface area contributed by atoms with Gasteiger partial charge in [-0.1, -0.05) is 0 Å². The minimum absolute atomic E-state index is 0.108. The predicted molar refractivity (Wildman–Crippen MR) is 95.1 cm³/mol. The molecule has 1 aromatic carbocycles. The highest BCUT2D eigenvalue weighted by molar-refractivity contribution is 7.15. The van der Waals surface area contributed by atoms with Gasteiger partial charge in [0.15, 0.2) is 0 Å². The largest absolute Gasteiger partial charge is 0.366 e. The number of benzene rings is 1. The summed E-state index contributed by atoms with van der Waals surface area (Å²) in [5, 5.41) is 3.63. The molecule has 3 heterocycles. The smallest absolute Gasteiger partial charge is 0.251 e. The number of carbonyl (C=O) groups excluding carboxylic acids is 1. The number of aromatic amines is 1. The summed E-state index contributed by atoms with van der Waals surface area (Å²) >= 11 is 1.73. The van der Waals surface area contributed by atoms with E-state index in [2.05, 4.69) is 21.4 Å². The highest BCUT2D eigenvalue weighted by atomic mass is 32.1. The summed E-state index contributed by atoms with van der Waals surface area (Å²) in [7, 11) is 0. The van der Waals surface area contributed by atoms with Crippen molar-refractivity contribution in [2.75, 3.05) is 6.54 Å². The monoisotopic (exact) mass is 356 g/mol. The zero-order valence-corrected chi connectivity index (χ0v) is 14.3. The Kier molecular flexibility index (Phi) is 3.23. The number of fused-ring (bicyclic) bond motifs is 2. The second-order valence-electron chi connectivity index (χ2n) is 6.82. The molecule has 4 N–H and O–H groups in total. The number of H-pyrrole nitrogens is 1. The van der Waals surface area contributed by atoms with Gasteiger partial charge in [0.2, 0.25) is 0 Å². The molecule has 2 aliphatic rings. The van der Waals surface area contributed by atoms with Crippen LogP contribution in [0.5, 0.6) is 0 Å². The summed E-state index contributed by atoms with van der Waals surface area (Å²) < 4.78 is 13.7. The van der Waals surface area contributed by atoms with Gasteiger partial charge >= 0.3 is 0 Å². The lowest BCUT2D eigenvalue weighted by molar-refractivity contribution is 0.100. The summed E-state index contributed by atoms with van der Waals surface area (Å²) in [5.41, 5.74) is 7.77. The van der Waals surface area contributed by atoms with Gasteiger partial charge in [0.1, 0.15) is 17.2 Å². The van der Waals surface area contributed by atoms with E-state index in [1.165, 1.54) is 29.3 Å². The first kappa shape index (κ1) is 15.0. The van der Waals surface area contributed by atoms with Crippen molar-refractivity contribution in [2.45, 2.75) is 25.3 Å². The Hall–Kier alpha value is -2.25. The van der Waals surface area contributed by atoms with Crippen molar-refractivity contribution in [1.82, 2.24) is 15.3 Å². The molecule has 1 atom stereocenters. The first-order valence-electron chi connectivity index (χ1n) is 8.45. The fourth-order valence-corrected chi connectivity index (χ4v) is 5.00. The van der Waals surface area contributed by atoms with Gasteiger partial charge in [-0.05, 0) is 55.5 Å². The van der Waals surface area contributed by atoms with Crippen molar-refractivity contribution in [3.63, 3.8) is 0 Å². The summed E-state index contributed by atoms with van der Waals surface area (Å²) in [5.74, 6) is 0.236. The van der Waals surface area contributed by atoms with E-state index in [0.29, 0.717) is 22.9 Å². The Bertz CT molecular complexity index is 1000. The Morgan fingerprint density at radius 3 is 2.92 bits per heavy atom. The maximum Gasteiger partial charge on any atom is 0.251 e. The number of amides is 1. The van der Waals surface area contributed by atoms with E-state index in [-0.39, 0.29) is 5.56 Å². The van der Waals surface area contributed by atoms with E-state index in [0.717, 1.165) is 29.8 Å². The van der Waals surface area contributed by atoms with Crippen LogP contribution in [0.15, 0.2) is 18.2 Å². The molecule has 2 aromatic heterocycles. The summed E-state index contributed by atoms with van der Waals surface area (Å²) in [6.45, 7) is 1.00. The van der Waals surface area contributed by atoms with Crippen LogP contribution in [0.1, 0.15) is 39.7 Å². The Labute approximate surface area is 147 Å². The zero-order chi connectivity index (χ0) is 17.1. The third-order valence-corrected chi connectivity index (χ3v) is 6.29. The summed E-state index contributed by atoms with van der Waals surface area (Å²) in [6.07, 6.45) is 3.59. The lowest BCUT2D eigenvalue weighted by Crippen LogP contribution is -2.29. The number of carbonyl (C=O) groups is 1. The van der Waals surface area contributed by atoms with Gasteiger partial charge in [0.05, 0.1) is 16.0 Å². The van der Waals surface area contributed by atoms with Crippen molar-refractivity contribution in [3.8, 4) is 10.7 Å². The highest BCUT2D eigenvalue weighted by Crippen LogP contribution is 2.47. The van der Waals surface area contributed by atoms with Crippen molar-refractivity contribution in [3.05, 3.63) is 40.0 Å². The average Bonchev–Trinajstić information content (AvgIpc) is 3.18. The van der Waals surface area contributed by atoms with Crippen LogP contribution in [0.2, 0.25) is 0 Å². The van der Waals surface area contributed by atoms with Crippen LogP contribution in [0.25, 0.3) is 21.7 Å². The molecule has 1 fully saturated rings. The quantitative estimate of drug-likeness (QED) is 0.674. The van der Waals surface area contributed by atoms with Crippen LogP contribution in [0.4, 0.5) is 4.39 Å². The van der Waals surface area contributed by atoms with E-state index in [1.807, 2.05) is 0 Å². The van der Waals surface area contributed by atoms with Crippen LogP contribution < -0.4 is 11.1 Å². The van der Waals surface area contributed by atoms with E-state index < -0.39 is 11.7 Å². The third-order valence-electron chi connectivity index (χ3n) is 5.03. The maximum atomic E-state index is 13.7. The molecule has 128 valence electrons. The fraction of sp³-hybridized carbons (Fsp3) is 0.333. The molecular weight excluding hydrogens is 339 g/mol. The van der Waals surface area contributed by atoms with E-state index >= 15 is 0 Å². The molecule has 7 heteroatoms. The molecule has 3 aromatic rings. The standard InChI is InChI=1S/C18H17FN4OS/c19-10-6-11(17(20)24)15-12(7-10)22-18(23-15)13-5-9-3-4-21-14(8-1-2-8)16(9)25-13/h5-8,14,21H,1-4H2,(H2,20,24)(H,22,23). The van der Waals surface area contributed by atoms with E-state index in [4.69, 9.17) is 5.73 Å². The van der Waals surface area contributed by atoms with Gasteiger partial charge < -0.3 is 16.0 Å². The van der Waals surface area contributed by atoms with Gasteiger partial charge in [-0.2, -0.15) is 0 Å². The first-order valence-corrected chi connectivity index (χ1v) is 9.27. The SMILES string of the molecule is NC(=O)c1cc(F)cc2[nH]c(-c3cc4c(s3)C(C3CC3)NCC4)nc12. The molecule has 0 bridgehead atoms. The number of thiophene rings is 1. The molecule has 1 aliphatic carbocycles. The lowest BCUT2D eigenvalue weighted by atomic mass is 10.0. The molecular formula is C18H17FN4OS. The Morgan fingerprint density at radius 1 is 1.32 bits per heavy atom. The summed E-state index contributed by atoms with van der Waals surface area (Å²) in [4.78, 5) is 21.7. The Balaban J connectivity index is 1.62. The van der Waals surface area contributed by atoms with Gasteiger partial charge in [0.25, 0.3) is 5.91 Å². The molecule has 5 nitrogen and oxygen atoms in total. The topological polar surface area (TPSA) is 83.8 Å². The molecule has 5 rings (SSSR count). The van der Waals surface area contributed by atoms with Crippen LogP contribution in [-0.4, -0.2) is 22.4 Å². The van der Waals surface area contributed by atoms with Gasteiger partial charge in [-0.3, -0.25) is 4.79 Å². The number of hydrogen-bond donors (Lipinski definition) is 3. The number of nitrogens with zero attached hydrogens (tertiary/aromatic N) is 1. The average molecular weight is 356 g/mol. The maximum absolute atomic E-state index is 13.7. The number of hydrogen-bond acceptors (Lipinski definition) is 4. The number of imidazole rings is 1. The number of primary amides is 1. The van der Waals surface area contributed by atoms with Crippen LogP contribution >= 0.6 is 11.3 Å². The number of rotatable bonds is 3. The number of nitrogens with one attached hydrogen (secondary N) is 2. The van der Waals surface area contributed by atoms with Gasteiger partial charge in [-0.25, -0.2) is 9.37 Å². The minimum atomic E-state index is -0.675. The van der Waals surface area contributed by atoms with Crippen molar-refractivity contribution in [2.24, 2.45) is 11.7 Å². The zero-order valence-electron chi connectivity index (χ0n) is 13.4. The molecule has 0 spiro atoms. The molecule has 0 saturated heterocycles. The van der Waals surface area contributed by atoms with Crippen LogP contribution in [0, 0.1) is 11.7 Å². The van der Waals surface area contributed by atoms with E-state index in [1.54, 1.807) is 11.3 Å². The van der Waals surface area contributed by atoms with Crippen molar-refractivity contribution < 1.29 is 9.18 Å². The van der Waals surface area contributed by atoms with Crippen molar-refractivity contribution in [1.29, 1.82) is 0 Å². The second-order valence-corrected chi connectivity index (χ2v) is 7.90. The third kappa shape index (κ3) is 2.46. The fourth-order valence-electron chi connectivity index (χ4n) is 3.67. The molecule has 1 amide bonds. The number of aromatic nitrogens is 2. The van der Waals surface area contributed by atoms with Gasteiger partial charge in [0, 0.05) is 10.9 Å². The molecule has 25 heavy (non-hydrogen) atoms. The lowest BCUT2D eigenvalue weighted by Gasteiger charge is -2.23. The van der Waals surface area contributed by atoms with Crippen LogP contribution in [-0.2, 0) is 6.42 Å². The Morgan fingerprint density at radius 2 is 2.16 bits per heavy atom. The normalized spacial score (nSPS) is 20.0. The highest BCUT2D eigenvalue weighted by Gasteiger charge is 2.36. The van der Waals surface area contributed by atoms with Gasteiger partial charge in [-0.15, -0.1) is 11.3 Å². The first-order chi connectivity index (χ1) is 12.1. The second kappa shape index (κ2) is 5.37. The predicted octanol–water partition coefficient (Wildman–Crippen LogP) is 3.13.